The van der Waals surface area contributed by atoms with E-state index in [1.54, 1.807) is 0 Å². The Morgan fingerprint density at radius 3 is 2.38 bits per heavy atom. The van der Waals surface area contributed by atoms with Crippen molar-refractivity contribution in [3.05, 3.63) is 0 Å². The minimum atomic E-state index is -0.0770. The van der Waals surface area contributed by atoms with Gasteiger partial charge in [0.15, 0.2) is 0 Å². The number of hydrogen-bond acceptors (Lipinski definition) is 1. The van der Waals surface area contributed by atoms with Crippen molar-refractivity contribution in [1.82, 2.24) is 0 Å². The maximum atomic E-state index is 9.29. The second-order valence-electron chi connectivity index (χ2n) is 4.86. The van der Waals surface area contributed by atoms with Gasteiger partial charge in [-0.1, -0.05) is 33.6 Å². The van der Waals surface area contributed by atoms with Crippen LogP contribution in [0.1, 0.15) is 47.0 Å². The van der Waals surface area contributed by atoms with Gasteiger partial charge in [0.1, 0.15) is 0 Å². The molecule has 0 saturated heterocycles. The van der Waals surface area contributed by atoms with Crippen LogP contribution >= 0.6 is 0 Å². The summed E-state index contributed by atoms with van der Waals surface area (Å²) in [6.07, 6.45) is 3.67. The van der Waals surface area contributed by atoms with Gasteiger partial charge in [-0.15, -0.1) is 0 Å². The van der Waals surface area contributed by atoms with Gasteiger partial charge in [-0.05, 0) is 31.1 Å². The minimum Gasteiger partial charge on any atom is -0.198 e. The van der Waals surface area contributed by atoms with Crippen molar-refractivity contribution in [2.45, 2.75) is 47.0 Å². The molecule has 0 amide bonds. The van der Waals surface area contributed by atoms with Crippen LogP contribution in [0.15, 0.2) is 0 Å². The highest BCUT2D eigenvalue weighted by molar-refractivity contribution is 5.06. The fourth-order valence-corrected chi connectivity index (χ4v) is 2.99. The molecule has 0 aromatic rings. The van der Waals surface area contributed by atoms with Gasteiger partial charge in [0.2, 0.25) is 0 Å². The van der Waals surface area contributed by atoms with E-state index in [2.05, 4.69) is 33.8 Å². The van der Waals surface area contributed by atoms with E-state index in [9.17, 15) is 5.26 Å². The molecule has 1 saturated carbocycles. The summed E-state index contributed by atoms with van der Waals surface area (Å²) in [5.41, 5.74) is -0.0770. The molecule has 2 unspecified atom stereocenters. The summed E-state index contributed by atoms with van der Waals surface area (Å²) in [7, 11) is 0. The molecule has 0 aromatic carbocycles. The van der Waals surface area contributed by atoms with Crippen LogP contribution in [0, 0.1) is 34.5 Å². The Labute approximate surface area is 82.1 Å². The Morgan fingerprint density at radius 1 is 1.38 bits per heavy atom. The van der Waals surface area contributed by atoms with Crippen molar-refractivity contribution in [2.75, 3.05) is 0 Å². The smallest absolute Gasteiger partial charge is 0.0692 e. The third-order valence-corrected chi connectivity index (χ3v) is 4.22. The Hall–Kier alpha value is -0.510. The Kier molecular flexibility index (Phi) is 3.01. The Morgan fingerprint density at radius 2 is 2.00 bits per heavy atom. The maximum absolute atomic E-state index is 9.29. The van der Waals surface area contributed by atoms with Crippen molar-refractivity contribution >= 4 is 0 Å². The van der Waals surface area contributed by atoms with Crippen molar-refractivity contribution in [3.8, 4) is 6.07 Å². The molecule has 1 nitrogen and oxygen atoms in total. The van der Waals surface area contributed by atoms with Crippen LogP contribution in [0.25, 0.3) is 0 Å². The van der Waals surface area contributed by atoms with Gasteiger partial charge in [0, 0.05) is 0 Å². The van der Waals surface area contributed by atoms with Gasteiger partial charge in [-0.25, -0.2) is 0 Å². The normalized spacial score (nSPS) is 45.6. The molecule has 1 heteroatoms. The molecule has 1 rings (SSSR count). The predicted octanol–water partition coefficient (Wildman–Crippen LogP) is 3.61. The first-order valence-electron chi connectivity index (χ1n) is 5.47. The zero-order chi connectivity index (χ0) is 10.1. The molecule has 0 bridgehead atoms. The van der Waals surface area contributed by atoms with Crippen LogP contribution in [0.4, 0.5) is 0 Å². The van der Waals surface area contributed by atoms with E-state index in [-0.39, 0.29) is 5.41 Å². The van der Waals surface area contributed by atoms with Crippen LogP contribution in [-0.2, 0) is 0 Å². The number of nitrogens with zero attached hydrogens (tertiary/aromatic N) is 1. The van der Waals surface area contributed by atoms with Gasteiger partial charge in [-0.3, -0.25) is 0 Å². The lowest BCUT2D eigenvalue weighted by Gasteiger charge is -2.44. The molecule has 0 spiro atoms. The lowest BCUT2D eigenvalue weighted by atomic mass is 9.58. The van der Waals surface area contributed by atoms with E-state index in [0.717, 1.165) is 12.3 Å². The molecular formula is C12H21N. The lowest BCUT2D eigenvalue weighted by Crippen LogP contribution is -2.40. The molecule has 0 heterocycles. The summed E-state index contributed by atoms with van der Waals surface area (Å²) in [4.78, 5) is 0. The average Bonchev–Trinajstić information content (AvgIpc) is 2.13. The highest BCUT2D eigenvalue weighted by atomic mass is 14.5. The molecule has 0 radical (unpaired) electrons. The summed E-state index contributed by atoms with van der Waals surface area (Å²) in [6.45, 7) is 8.91. The van der Waals surface area contributed by atoms with Crippen LogP contribution < -0.4 is 0 Å². The zero-order valence-corrected chi connectivity index (χ0v) is 9.30. The molecule has 4 atom stereocenters. The third kappa shape index (κ3) is 1.59. The standard InChI is InChI=1S/C12H21N/c1-5-11-9(2)6-7-10(3)12(11,4)8-13/h9-11H,5-7H2,1-4H3/t9-,10+,11?,12?/m0/s1. The Balaban J connectivity index is 2.91. The van der Waals surface area contributed by atoms with E-state index in [1.807, 2.05) is 0 Å². The molecule has 1 aliphatic carbocycles. The molecule has 13 heavy (non-hydrogen) atoms. The molecule has 0 aliphatic heterocycles. The second kappa shape index (κ2) is 3.70. The first kappa shape index (κ1) is 10.6. The van der Waals surface area contributed by atoms with Gasteiger partial charge >= 0.3 is 0 Å². The fourth-order valence-electron chi connectivity index (χ4n) is 2.99. The molecule has 1 aliphatic rings. The van der Waals surface area contributed by atoms with Crippen molar-refractivity contribution in [2.24, 2.45) is 23.2 Å². The van der Waals surface area contributed by atoms with Gasteiger partial charge in [0.05, 0.1) is 11.5 Å². The number of rotatable bonds is 1. The molecular weight excluding hydrogens is 158 g/mol. The Bertz CT molecular complexity index is 216. The quantitative estimate of drug-likeness (QED) is 0.603. The van der Waals surface area contributed by atoms with Gasteiger partial charge in [0.25, 0.3) is 0 Å². The summed E-state index contributed by atoms with van der Waals surface area (Å²) in [5.74, 6) is 1.89. The summed E-state index contributed by atoms with van der Waals surface area (Å²) in [6, 6.07) is 2.56. The van der Waals surface area contributed by atoms with Gasteiger partial charge in [-0.2, -0.15) is 5.26 Å². The maximum Gasteiger partial charge on any atom is 0.0692 e. The lowest BCUT2D eigenvalue weighted by molar-refractivity contribution is 0.0585. The monoisotopic (exact) mass is 179 g/mol. The van der Waals surface area contributed by atoms with Crippen molar-refractivity contribution in [1.29, 1.82) is 5.26 Å². The number of hydrogen-bond donors (Lipinski definition) is 0. The van der Waals surface area contributed by atoms with E-state index in [0.29, 0.717) is 11.8 Å². The van der Waals surface area contributed by atoms with E-state index in [4.69, 9.17) is 0 Å². The molecule has 1 fully saturated rings. The van der Waals surface area contributed by atoms with E-state index in [1.165, 1.54) is 12.8 Å². The first-order chi connectivity index (χ1) is 6.06. The molecule has 0 N–H and O–H groups in total. The average molecular weight is 179 g/mol. The van der Waals surface area contributed by atoms with E-state index < -0.39 is 0 Å². The van der Waals surface area contributed by atoms with E-state index >= 15 is 0 Å². The van der Waals surface area contributed by atoms with Crippen molar-refractivity contribution < 1.29 is 0 Å². The van der Waals surface area contributed by atoms with Crippen LogP contribution in [0.5, 0.6) is 0 Å². The predicted molar refractivity (Wildman–Crippen MR) is 55.1 cm³/mol. The fraction of sp³-hybridized carbons (Fsp3) is 0.917. The summed E-state index contributed by atoms with van der Waals surface area (Å²) >= 11 is 0. The zero-order valence-electron chi connectivity index (χ0n) is 9.30. The largest absolute Gasteiger partial charge is 0.198 e. The highest BCUT2D eigenvalue weighted by Crippen LogP contribution is 2.48. The summed E-state index contributed by atoms with van der Waals surface area (Å²) < 4.78 is 0. The first-order valence-corrected chi connectivity index (χ1v) is 5.47. The summed E-state index contributed by atoms with van der Waals surface area (Å²) in [5, 5.41) is 9.29. The van der Waals surface area contributed by atoms with Crippen LogP contribution in [0.2, 0.25) is 0 Å². The SMILES string of the molecule is CCC1[C@@H](C)CC[C@@H](C)C1(C)C#N. The molecule has 0 aromatic heterocycles. The van der Waals surface area contributed by atoms with Gasteiger partial charge < -0.3 is 0 Å². The second-order valence-corrected chi connectivity index (χ2v) is 4.86. The van der Waals surface area contributed by atoms with Crippen LogP contribution in [0.3, 0.4) is 0 Å². The highest BCUT2D eigenvalue weighted by Gasteiger charge is 2.44. The molecule has 74 valence electrons. The number of nitriles is 1. The van der Waals surface area contributed by atoms with Crippen LogP contribution in [-0.4, -0.2) is 0 Å². The third-order valence-electron chi connectivity index (χ3n) is 4.22. The van der Waals surface area contributed by atoms with Crippen molar-refractivity contribution in [3.63, 3.8) is 0 Å². The topological polar surface area (TPSA) is 23.8 Å². The minimum absolute atomic E-state index is 0.0770.